The Hall–Kier alpha value is -3.49. The van der Waals surface area contributed by atoms with Gasteiger partial charge in [-0.3, -0.25) is 4.79 Å². The van der Waals surface area contributed by atoms with Crippen LogP contribution in [0.25, 0.3) is 27.9 Å². The van der Waals surface area contributed by atoms with E-state index in [4.69, 9.17) is 4.98 Å². The van der Waals surface area contributed by atoms with Crippen LogP contribution in [0.5, 0.6) is 0 Å². The lowest BCUT2D eigenvalue weighted by atomic mass is 9.65. The fourth-order valence-corrected chi connectivity index (χ4v) is 8.52. The van der Waals surface area contributed by atoms with E-state index >= 15 is 0 Å². The van der Waals surface area contributed by atoms with Gasteiger partial charge < -0.3 is 15.4 Å². The molecule has 0 aliphatic heterocycles. The van der Waals surface area contributed by atoms with Crippen molar-refractivity contribution in [2.75, 3.05) is 5.32 Å². The van der Waals surface area contributed by atoms with Crippen molar-refractivity contribution < 1.29 is 14.3 Å². The Morgan fingerprint density at radius 1 is 1.47 bits per heavy atom. The van der Waals surface area contributed by atoms with E-state index in [9.17, 15) is 14.3 Å². The average molecular weight is 430 g/mol. The highest BCUT2D eigenvalue weighted by Gasteiger charge is 3.21. The smallest absolute Gasteiger partial charge is 0.313 e. The Bertz CT molecular complexity index is 1530. The second kappa shape index (κ2) is 4.79. The summed E-state index contributed by atoms with van der Waals surface area (Å²) in [6, 6.07) is 5.23. The van der Waals surface area contributed by atoms with E-state index in [2.05, 4.69) is 27.3 Å². The SMILES string of the molecule is CCC1C2CC3C14[C@]2(Nc1nc(-c2c[nH]c5ncc(F)cc25)nn2cccc12)[C@]34C(=O)O. The zero-order valence-corrected chi connectivity index (χ0v) is 17.1. The number of pyridine rings is 1. The molecule has 4 heterocycles. The van der Waals surface area contributed by atoms with E-state index < -0.39 is 22.7 Å². The third-order valence-electron chi connectivity index (χ3n) is 9.19. The molecule has 10 rings (SSSR count). The average Bonchev–Trinajstić information content (AvgIpc) is 3.23. The summed E-state index contributed by atoms with van der Waals surface area (Å²) >= 11 is 0. The highest BCUT2D eigenvalue weighted by Crippen LogP contribution is 3.13. The van der Waals surface area contributed by atoms with Gasteiger partial charge in [0.25, 0.3) is 0 Å². The lowest BCUT2D eigenvalue weighted by Crippen LogP contribution is -2.53. The Morgan fingerprint density at radius 2 is 2.34 bits per heavy atom. The fourth-order valence-electron chi connectivity index (χ4n) is 8.52. The van der Waals surface area contributed by atoms with E-state index in [0.717, 1.165) is 18.4 Å². The Kier molecular flexibility index (Phi) is 2.56. The van der Waals surface area contributed by atoms with Crippen molar-refractivity contribution in [3.8, 4) is 11.4 Å². The van der Waals surface area contributed by atoms with Gasteiger partial charge in [0.2, 0.25) is 0 Å². The number of carbonyl (C=O) groups is 1. The molecular formula is C23H19FN6O2. The first-order chi connectivity index (χ1) is 15.5. The first kappa shape index (κ1) is 17.1. The molecule has 9 heteroatoms. The molecule has 8 nitrogen and oxygen atoms in total. The number of aromatic nitrogens is 5. The molecule has 32 heavy (non-hydrogen) atoms. The van der Waals surface area contributed by atoms with Gasteiger partial charge in [-0.05, 0) is 42.4 Å². The van der Waals surface area contributed by atoms with Crippen LogP contribution in [-0.4, -0.2) is 41.2 Å². The van der Waals surface area contributed by atoms with Gasteiger partial charge in [-0.25, -0.2) is 18.9 Å². The second-order valence-electron chi connectivity index (χ2n) is 9.70. The van der Waals surface area contributed by atoms with Crippen molar-refractivity contribution in [1.82, 2.24) is 24.6 Å². The van der Waals surface area contributed by atoms with Crippen molar-refractivity contribution in [2.45, 2.75) is 25.3 Å². The van der Waals surface area contributed by atoms with Gasteiger partial charge >= 0.3 is 5.97 Å². The van der Waals surface area contributed by atoms with Crippen LogP contribution in [-0.2, 0) is 4.79 Å². The number of aromatic amines is 1. The number of anilines is 1. The minimum atomic E-state index is -0.674. The zero-order chi connectivity index (χ0) is 21.6. The summed E-state index contributed by atoms with van der Waals surface area (Å²) in [4.78, 5) is 24.4. The van der Waals surface area contributed by atoms with Crippen LogP contribution >= 0.6 is 0 Å². The molecule has 0 aromatic carbocycles. The Labute approximate surface area is 180 Å². The number of H-pyrrole nitrogens is 1. The van der Waals surface area contributed by atoms with Crippen molar-refractivity contribution >= 4 is 28.3 Å². The first-order valence-corrected chi connectivity index (χ1v) is 11.0. The number of halogens is 1. The molecule has 0 saturated heterocycles. The van der Waals surface area contributed by atoms with E-state index in [1.807, 2.05) is 18.3 Å². The minimum Gasteiger partial charge on any atom is -0.481 e. The van der Waals surface area contributed by atoms with Gasteiger partial charge in [0.15, 0.2) is 11.6 Å². The summed E-state index contributed by atoms with van der Waals surface area (Å²) in [6.07, 6.45) is 6.74. The summed E-state index contributed by atoms with van der Waals surface area (Å²) in [6.45, 7) is 2.17. The highest BCUT2D eigenvalue weighted by atomic mass is 19.1. The van der Waals surface area contributed by atoms with Gasteiger partial charge in [-0.15, -0.1) is 5.10 Å². The van der Waals surface area contributed by atoms with E-state index in [1.165, 1.54) is 12.3 Å². The maximum Gasteiger partial charge on any atom is 0.313 e. The fraction of sp³-hybridized carbons (Fsp3) is 0.391. The zero-order valence-electron chi connectivity index (χ0n) is 17.1. The van der Waals surface area contributed by atoms with Crippen molar-refractivity contribution in [1.29, 1.82) is 0 Å². The minimum absolute atomic E-state index is 0.117. The van der Waals surface area contributed by atoms with Crippen molar-refractivity contribution in [2.24, 2.45) is 28.6 Å². The van der Waals surface area contributed by atoms with Crippen molar-refractivity contribution in [3.63, 3.8) is 0 Å². The number of aliphatic carboxylic acids is 1. The summed E-state index contributed by atoms with van der Waals surface area (Å²) in [5.41, 5.74) is 0.842. The van der Waals surface area contributed by atoms with Gasteiger partial charge in [0.05, 0.1) is 11.7 Å². The van der Waals surface area contributed by atoms with Crippen LogP contribution in [0.1, 0.15) is 19.8 Å². The standard InChI is InChI=1S/C23H19FN6O2/c1-2-13-14-7-16-21(13)22(16,20(31)32)23(14,21)28-19-15-4-3-5-30(15)29-18(27-19)12-9-26-17-11(12)6-10(24)8-25-17/h3-6,8-9,13-14,16H,2,7H2,1H3,(H,25,26)(H,31,32)(H,27,28,29)/t13?,14?,16?,21?,22-,23-/m0/s1. The lowest BCUT2D eigenvalue weighted by Gasteiger charge is -2.45. The first-order valence-electron chi connectivity index (χ1n) is 11.0. The number of nitrogens with zero attached hydrogens (tertiary/aromatic N) is 4. The van der Waals surface area contributed by atoms with Crippen LogP contribution in [0.15, 0.2) is 36.8 Å². The summed E-state index contributed by atoms with van der Waals surface area (Å²) < 4.78 is 15.6. The van der Waals surface area contributed by atoms with E-state index in [1.54, 1.807) is 10.7 Å². The molecule has 0 radical (unpaired) electrons. The molecule has 6 aliphatic carbocycles. The number of hydrogen-bond acceptors (Lipinski definition) is 5. The summed E-state index contributed by atoms with van der Waals surface area (Å²) in [7, 11) is 0. The van der Waals surface area contributed by atoms with Crippen LogP contribution < -0.4 is 5.32 Å². The molecule has 6 saturated carbocycles. The molecular weight excluding hydrogens is 411 g/mol. The molecule has 6 atom stereocenters. The maximum atomic E-state index is 13.9. The Balaban J connectivity index is 1.28. The van der Waals surface area contributed by atoms with Crippen LogP contribution in [0.2, 0.25) is 0 Å². The van der Waals surface area contributed by atoms with E-state index in [0.29, 0.717) is 46.0 Å². The van der Waals surface area contributed by atoms with Gasteiger partial charge in [0, 0.05) is 28.8 Å². The molecule has 6 fully saturated rings. The maximum absolute atomic E-state index is 13.9. The predicted octanol–water partition coefficient (Wildman–Crippen LogP) is 3.32. The highest BCUT2D eigenvalue weighted by molar-refractivity contribution is 5.99. The number of carboxylic acids is 1. The monoisotopic (exact) mass is 430 g/mol. The summed E-state index contributed by atoms with van der Waals surface area (Å²) in [5.74, 6) is 1.09. The lowest BCUT2D eigenvalue weighted by molar-refractivity contribution is -0.142. The van der Waals surface area contributed by atoms with Crippen molar-refractivity contribution in [3.05, 3.63) is 42.6 Å². The van der Waals surface area contributed by atoms with Gasteiger partial charge in [-0.2, -0.15) is 0 Å². The largest absolute Gasteiger partial charge is 0.481 e. The normalized spacial score (nSPS) is 37.4. The quantitative estimate of drug-likeness (QED) is 0.448. The number of nitrogens with one attached hydrogen (secondary N) is 2. The predicted molar refractivity (Wildman–Crippen MR) is 112 cm³/mol. The number of fused-ring (bicyclic) bond motifs is 2. The molecule has 1 spiro atoms. The number of rotatable bonds is 5. The van der Waals surface area contributed by atoms with E-state index in [-0.39, 0.29) is 5.41 Å². The van der Waals surface area contributed by atoms with Gasteiger partial charge in [-0.1, -0.05) is 13.3 Å². The molecule has 4 aromatic heterocycles. The van der Waals surface area contributed by atoms with Gasteiger partial charge in [0.1, 0.15) is 22.4 Å². The third-order valence-corrected chi connectivity index (χ3v) is 9.19. The molecule has 0 amide bonds. The Morgan fingerprint density at radius 3 is 3.16 bits per heavy atom. The van der Waals surface area contributed by atoms with Crippen LogP contribution in [0.3, 0.4) is 0 Å². The third kappa shape index (κ3) is 1.36. The molecule has 3 N–H and O–H groups in total. The molecule has 160 valence electrons. The molecule has 4 bridgehead atoms. The summed E-state index contributed by atoms with van der Waals surface area (Å²) in [5, 5.41) is 19.0. The number of hydrogen-bond donors (Lipinski definition) is 3. The molecule has 4 aromatic rings. The second-order valence-corrected chi connectivity index (χ2v) is 9.70. The topological polar surface area (TPSA) is 108 Å². The molecule has 4 unspecified atom stereocenters. The number of carboxylic acid groups (broad SMARTS) is 1. The molecule has 6 aliphatic rings. The van der Waals surface area contributed by atoms with Crippen LogP contribution in [0, 0.1) is 34.4 Å². The van der Waals surface area contributed by atoms with Crippen LogP contribution in [0.4, 0.5) is 10.2 Å².